The molecule has 8 heteroatoms. The molecule has 1 spiro atoms. The zero-order valence-electron chi connectivity index (χ0n) is 14.2. The van der Waals surface area contributed by atoms with Crippen LogP contribution in [0.25, 0.3) is 11.4 Å². The van der Waals surface area contributed by atoms with E-state index in [-0.39, 0.29) is 16.9 Å². The number of nitrogens with zero attached hydrogens (tertiary/aromatic N) is 4. The number of anilines is 1. The van der Waals surface area contributed by atoms with Crippen LogP contribution in [0.5, 0.6) is 0 Å². The summed E-state index contributed by atoms with van der Waals surface area (Å²) in [6, 6.07) is 4.69. The highest BCUT2D eigenvalue weighted by Gasteiger charge is 2.41. The third-order valence-electron chi connectivity index (χ3n) is 5.22. The van der Waals surface area contributed by atoms with Crippen LogP contribution in [0.2, 0.25) is 0 Å². The Balaban J connectivity index is 1.53. The lowest BCUT2D eigenvalue weighted by atomic mass is 9.78. The summed E-state index contributed by atoms with van der Waals surface area (Å²) >= 11 is 0. The summed E-state index contributed by atoms with van der Waals surface area (Å²) in [4.78, 5) is 38.0. The highest BCUT2D eigenvalue weighted by molar-refractivity contribution is 5.88. The van der Waals surface area contributed by atoms with E-state index in [0.29, 0.717) is 23.8 Å². The number of pyridine rings is 1. The Morgan fingerprint density at radius 3 is 2.62 bits per heavy atom. The van der Waals surface area contributed by atoms with E-state index < -0.39 is 5.97 Å². The maximum Gasteiger partial charge on any atom is 0.335 e. The summed E-state index contributed by atoms with van der Waals surface area (Å²) in [5, 5.41) is 12.1. The molecule has 2 saturated heterocycles. The van der Waals surface area contributed by atoms with Crippen LogP contribution in [0.1, 0.15) is 29.6 Å². The van der Waals surface area contributed by atoms with Gasteiger partial charge in [0, 0.05) is 38.4 Å². The zero-order valence-corrected chi connectivity index (χ0v) is 14.2. The number of rotatable bonds is 3. The Bertz CT molecular complexity index is 861. The Labute approximate surface area is 150 Å². The number of hydrogen-bond donors (Lipinski definition) is 2. The summed E-state index contributed by atoms with van der Waals surface area (Å²) in [6.45, 7) is 2.34. The minimum Gasteiger partial charge on any atom is -0.478 e. The van der Waals surface area contributed by atoms with Gasteiger partial charge in [0.25, 0.3) is 0 Å². The highest BCUT2D eigenvalue weighted by Crippen LogP contribution is 2.38. The maximum atomic E-state index is 11.5. The lowest BCUT2D eigenvalue weighted by molar-refractivity contribution is -0.119. The van der Waals surface area contributed by atoms with E-state index in [2.05, 4.69) is 25.2 Å². The molecule has 2 aromatic heterocycles. The first-order valence-electron chi connectivity index (χ1n) is 8.59. The van der Waals surface area contributed by atoms with Crippen LogP contribution in [-0.4, -0.2) is 51.6 Å². The molecule has 0 aliphatic carbocycles. The third kappa shape index (κ3) is 3.10. The Morgan fingerprint density at radius 1 is 1.15 bits per heavy atom. The monoisotopic (exact) mass is 353 g/mol. The molecule has 2 aliphatic rings. The van der Waals surface area contributed by atoms with Crippen LogP contribution in [0.3, 0.4) is 0 Å². The normalized spacial score (nSPS) is 18.8. The molecule has 2 aliphatic heterocycles. The number of piperidine rings is 1. The number of carboxylic acid groups (broad SMARTS) is 1. The second kappa shape index (κ2) is 6.36. The van der Waals surface area contributed by atoms with Gasteiger partial charge < -0.3 is 15.3 Å². The smallest absolute Gasteiger partial charge is 0.335 e. The van der Waals surface area contributed by atoms with Gasteiger partial charge in [0.1, 0.15) is 0 Å². The van der Waals surface area contributed by atoms with Crippen LogP contribution in [0.15, 0.2) is 30.6 Å². The molecule has 2 N–H and O–H groups in total. The number of carbonyl (C=O) groups is 2. The predicted molar refractivity (Wildman–Crippen MR) is 93.7 cm³/mol. The molecular weight excluding hydrogens is 334 g/mol. The molecule has 0 saturated carbocycles. The van der Waals surface area contributed by atoms with Crippen molar-refractivity contribution < 1.29 is 14.7 Å². The molecule has 1 amide bonds. The number of amides is 1. The Morgan fingerprint density at radius 2 is 1.92 bits per heavy atom. The molecule has 0 bridgehead atoms. The van der Waals surface area contributed by atoms with Crippen LogP contribution in [0, 0.1) is 5.41 Å². The van der Waals surface area contributed by atoms with Gasteiger partial charge in [0.05, 0.1) is 17.0 Å². The maximum absolute atomic E-state index is 11.5. The standard InChI is InChI=1S/C18H19N5O3/c24-15-10-18(11-21-15)3-7-23(8-4-18)17-20-6-2-13(22-17)14-9-12(16(25)26)1-5-19-14/h1-2,5-6,9H,3-4,7-8,10-11H2,(H,21,24)(H,25,26). The fraction of sp³-hybridized carbons (Fsp3) is 0.389. The summed E-state index contributed by atoms with van der Waals surface area (Å²) in [5.74, 6) is -0.248. The van der Waals surface area contributed by atoms with Crippen LogP contribution < -0.4 is 10.2 Å². The zero-order chi connectivity index (χ0) is 18.1. The van der Waals surface area contributed by atoms with Gasteiger partial charge in [-0.25, -0.2) is 14.8 Å². The van der Waals surface area contributed by atoms with Crippen molar-refractivity contribution in [3.8, 4) is 11.4 Å². The molecule has 134 valence electrons. The molecule has 2 aromatic rings. The summed E-state index contributed by atoms with van der Waals surface area (Å²) in [6.07, 6.45) is 5.58. The Hall–Kier alpha value is -3.03. The van der Waals surface area contributed by atoms with E-state index in [4.69, 9.17) is 5.11 Å². The molecule has 4 heterocycles. The van der Waals surface area contributed by atoms with E-state index in [9.17, 15) is 9.59 Å². The van der Waals surface area contributed by atoms with E-state index in [1.807, 2.05) is 0 Å². The topological polar surface area (TPSA) is 108 Å². The first kappa shape index (κ1) is 16.4. The molecule has 26 heavy (non-hydrogen) atoms. The summed E-state index contributed by atoms with van der Waals surface area (Å²) in [5.41, 5.74) is 1.35. The number of carbonyl (C=O) groups excluding carboxylic acids is 1. The molecule has 0 aromatic carbocycles. The summed E-state index contributed by atoms with van der Waals surface area (Å²) < 4.78 is 0. The fourth-order valence-electron chi connectivity index (χ4n) is 3.63. The van der Waals surface area contributed by atoms with Crippen LogP contribution >= 0.6 is 0 Å². The van der Waals surface area contributed by atoms with E-state index in [1.165, 1.54) is 18.3 Å². The summed E-state index contributed by atoms with van der Waals surface area (Å²) in [7, 11) is 0. The van der Waals surface area contributed by atoms with E-state index >= 15 is 0 Å². The van der Waals surface area contributed by atoms with Gasteiger partial charge in [-0.3, -0.25) is 9.78 Å². The fourth-order valence-corrected chi connectivity index (χ4v) is 3.63. The van der Waals surface area contributed by atoms with Crippen molar-refractivity contribution >= 4 is 17.8 Å². The minimum absolute atomic E-state index is 0.0720. The average Bonchev–Trinajstić information content (AvgIpc) is 3.03. The quantitative estimate of drug-likeness (QED) is 0.857. The SMILES string of the molecule is O=C1CC2(CCN(c3nccc(-c4cc(C(=O)O)ccn4)n3)CC2)CN1. The minimum atomic E-state index is -0.996. The number of aromatic carboxylic acids is 1. The highest BCUT2D eigenvalue weighted by atomic mass is 16.4. The van der Waals surface area contributed by atoms with Crippen molar-refractivity contribution in [2.24, 2.45) is 5.41 Å². The third-order valence-corrected chi connectivity index (χ3v) is 5.22. The van der Waals surface area contributed by atoms with Crippen molar-refractivity contribution in [2.75, 3.05) is 24.5 Å². The van der Waals surface area contributed by atoms with Gasteiger partial charge in [0.2, 0.25) is 11.9 Å². The molecule has 0 radical (unpaired) electrons. The van der Waals surface area contributed by atoms with Crippen molar-refractivity contribution in [1.82, 2.24) is 20.3 Å². The van der Waals surface area contributed by atoms with E-state index in [1.54, 1.807) is 12.3 Å². The predicted octanol–water partition coefficient (Wildman–Crippen LogP) is 1.34. The van der Waals surface area contributed by atoms with Crippen LogP contribution in [-0.2, 0) is 4.79 Å². The molecule has 4 rings (SSSR count). The molecule has 0 atom stereocenters. The number of hydrogen-bond acceptors (Lipinski definition) is 6. The van der Waals surface area contributed by atoms with Gasteiger partial charge in [0.15, 0.2) is 0 Å². The molecule has 2 fully saturated rings. The number of nitrogens with one attached hydrogen (secondary N) is 1. The first-order chi connectivity index (χ1) is 12.5. The van der Waals surface area contributed by atoms with Gasteiger partial charge in [-0.05, 0) is 36.5 Å². The van der Waals surface area contributed by atoms with Crippen molar-refractivity contribution in [3.63, 3.8) is 0 Å². The lowest BCUT2D eigenvalue weighted by Gasteiger charge is -2.38. The molecular formula is C18H19N5O3. The lowest BCUT2D eigenvalue weighted by Crippen LogP contribution is -2.41. The van der Waals surface area contributed by atoms with E-state index in [0.717, 1.165) is 32.5 Å². The molecule has 8 nitrogen and oxygen atoms in total. The Kier molecular flexibility index (Phi) is 4.02. The van der Waals surface area contributed by atoms with Crippen molar-refractivity contribution in [1.29, 1.82) is 0 Å². The second-order valence-electron chi connectivity index (χ2n) is 6.92. The van der Waals surface area contributed by atoms with Gasteiger partial charge in [-0.2, -0.15) is 0 Å². The first-order valence-corrected chi connectivity index (χ1v) is 8.59. The van der Waals surface area contributed by atoms with Crippen molar-refractivity contribution in [2.45, 2.75) is 19.3 Å². The molecule has 0 unspecified atom stereocenters. The average molecular weight is 353 g/mol. The second-order valence-corrected chi connectivity index (χ2v) is 6.92. The van der Waals surface area contributed by atoms with Gasteiger partial charge >= 0.3 is 5.97 Å². The largest absolute Gasteiger partial charge is 0.478 e. The number of aromatic nitrogens is 3. The van der Waals surface area contributed by atoms with Crippen molar-refractivity contribution in [3.05, 3.63) is 36.2 Å². The van der Waals surface area contributed by atoms with Gasteiger partial charge in [-0.1, -0.05) is 0 Å². The van der Waals surface area contributed by atoms with Crippen LogP contribution in [0.4, 0.5) is 5.95 Å². The number of carboxylic acids is 1. The van der Waals surface area contributed by atoms with Gasteiger partial charge in [-0.15, -0.1) is 0 Å².